The zero-order valence-corrected chi connectivity index (χ0v) is 51.9. The van der Waals surface area contributed by atoms with E-state index < -0.39 is 145 Å². The molecule has 13 amide bonds. The zero-order chi connectivity index (χ0) is 67.9. The number of phenolic OH excluding ortho intramolecular Hbond substituents is 1. The van der Waals surface area contributed by atoms with Crippen LogP contribution in [0.4, 0.5) is 4.79 Å². The number of aromatic hydroxyl groups is 1. The van der Waals surface area contributed by atoms with Crippen LogP contribution < -0.4 is 87.4 Å². The third-order valence-electron chi connectivity index (χ3n) is 14.9. The number of amides is 13. The second-order valence-corrected chi connectivity index (χ2v) is 22.9. The Bertz CT molecular complexity index is 3010. The number of hydrazine groups is 1. The molecule has 0 spiro atoms. The molecule has 1 fully saturated rings. The standard InChI is InChI=1S/C61H89N17O14/c1-34(2)26-43(54(86)69-41(20-13-25-68-60(66)67-3)53(85)70-42(51(65)83)28-35-14-7-4-8-15-35)76-61(92)78-77-59(91)45(30-37-18-11-6-12-19-37)73-58(90)48(33-79)75-57(89)47(32-50(64)82)74-55(87)44(29-36-16-9-5-10-17-36)72-56(88)46(31-49(63)81)71-52(84)40(62)27-38-21-23-39(80)24-22-38/h4,6-8,11-12,14-15,18-19,21-24,34,36,40-48,79-80H,5,9-10,13,16-17,20,25-33,62H2,1-3H3,(H2,63,81)(H2,64,82)(H2,65,83)(H,69,86)(H,70,85)(H,71,84)(H,72,88)(H,73,90)(H,74,87)(H,75,89)(H,77,91)(H3,66,67,68)(H2,76,78,92)/t40-,41+,42+,43+,44+,45+,46+,47+,48+/m1/s1. The van der Waals surface area contributed by atoms with E-state index >= 15 is 0 Å². The maximum absolute atomic E-state index is 14.3. The van der Waals surface area contributed by atoms with Crippen LogP contribution >= 0.6 is 0 Å². The van der Waals surface area contributed by atoms with E-state index in [0.29, 0.717) is 29.5 Å². The number of rotatable bonds is 36. The Morgan fingerprint density at radius 3 is 1.50 bits per heavy atom. The Morgan fingerprint density at radius 1 is 0.511 bits per heavy atom. The van der Waals surface area contributed by atoms with E-state index in [-0.39, 0.29) is 75.0 Å². The number of aliphatic imine (C=N–C) groups is 1. The first-order chi connectivity index (χ1) is 43.7. The number of carbonyl (C=O) groups excluding carboxylic acids is 12. The number of aliphatic hydroxyl groups excluding tert-OH is 1. The van der Waals surface area contributed by atoms with Gasteiger partial charge in [-0.25, -0.2) is 10.2 Å². The minimum atomic E-state index is -1.88. The molecule has 31 nitrogen and oxygen atoms in total. The molecule has 0 aliphatic heterocycles. The van der Waals surface area contributed by atoms with Crippen LogP contribution in [0.1, 0.15) is 101 Å². The van der Waals surface area contributed by atoms with Crippen molar-refractivity contribution in [2.24, 2.45) is 45.5 Å². The minimum absolute atomic E-state index is 0.000165. The fraction of sp³-hybridized carbons (Fsp3) is 0.492. The molecule has 1 aliphatic rings. The first-order valence-electron chi connectivity index (χ1n) is 30.3. The van der Waals surface area contributed by atoms with Crippen molar-refractivity contribution in [3.8, 4) is 5.75 Å². The lowest BCUT2D eigenvalue weighted by atomic mass is 9.84. The Kier molecular flexibility index (Phi) is 31.3. The fourth-order valence-corrected chi connectivity index (χ4v) is 10.00. The number of benzene rings is 3. The minimum Gasteiger partial charge on any atom is -0.508 e. The lowest BCUT2D eigenvalue weighted by molar-refractivity contribution is -0.137. The van der Waals surface area contributed by atoms with Crippen molar-refractivity contribution in [2.45, 2.75) is 158 Å². The summed E-state index contributed by atoms with van der Waals surface area (Å²) in [5, 5.41) is 42.9. The molecule has 4 rings (SSSR count). The summed E-state index contributed by atoms with van der Waals surface area (Å²) >= 11 is 0. The van der Waals surface area contributed by atoms with E-state index in [0.717, 1.165) is 19.3 Å². The van der Waals surface area contributed by atoms with Crippen molar-refractivity contribution in [2.75, 3.05) is 20.2 Å². The summed E-state index contributed by atoms with van der Waals surface area (Å²) in [6.45, 7) is 2.66. The Morgan fingerprint density at radius 2 is 0.967 bits per heavy atom. The second kappa shape index (κ2) is 38.6. The number of carbonyl (C=O) groups is 12. The molecule has 0 heterocycles. The molecule has 502 valence electrons. The van der Waals surface area contributed by atoms with E-state index in [4.69, 9.17) is 28.7 Å². The third-order valence-corrected chi connectivity index (χ3v) is 14.9. The topological polar surface area (TPSA) is 520 Å². The average Bonchev–Trinajstić information content (AvgIpc) is 1.60. The number of hydrogen-bond donors (Lipinski definition) is 18. The lowest BCUT2D eigenvalue weighted by Crippen LogP contribution is -2.62. The molecule has 0 unspecified atom stereocenters. The monoisotopic (exact) mass is 1280 g/mol. The number of nitrogens with one attached hydrogen (secondary N) is 11. The summed E-state index contributed by atoms with van der Waals surface area (Å²) in [5.41, 5.74) is 34.7. The van der Waals surface area contributed by atoms with Crippen LogP contribution in [0.3, 0.4) is 0 Å². The summed E-state index contributed by atoms with van der Waals surface area (Å²) < 4.78 is 0. The molecule has 92 heavy (non-hydrogen) atoms. The van der Waals surface area contributed by atoms with Gasteiger partial charge in [-0.3, -0.25) is 63.2 Å². The van der Waals surface area contributed by atoms with Gasteiger partial charge >= 0.3 is 6.03 Å². The van der Waals surface area contributed by atoms with Gasteiger partial charge in [0.15, 0.2) is 5.96 Å². The lowest BCUT2D eigenvalue weighted by Gasteiger charge is -2.29. The first-order valence-corrected chi connectivity index (χ1v) is 30.3. The van der Waals surface area contributed by atoms with E-state index in [2.05, 4.69) is 63.7 Å². The van der Waals surface area contributed by atoms with Crippen molar-refractivity contribution in [3.63, 3.8) is 0 Å². The summed E-state index contributed by atoms with van der Waals surface area (Å²) in [4.78, 5) is 166. The number of nitrogens with two attached hydrogens (primary N) is 5. The van der Waals surface area contributed by atoms with Gasteiger partial charge in [0.2, 0.25) is 59.1 Å². The summed E-state index contributed by atoms with van der Waals surface area (Å²) in [7, 11) is 1.47. The molecule has 0 aromatic heterocycles. The van der Waals surface area contributed by atoms with Gasteiger partial charge in [-0.15, -0.1) is 0 Å². The number of guanidine groups is 1. The molecule has 9 atom stereocenters. The van der Waals surface area contributed by atoms with Crippen LogP contribution in [-0.2, 0) is 72.0 Å². The van der Waals surface area contributed by atoms with E-state index in [9.17, 15) is 67.7 Å². The highest BCUT2D eigenvalue weighted by atomic mass is 16.3. The number of primary amides is 3. The highest BCUT2D eigenvalue weighted by Gasteiger charge is 2.36. The highest BCUT2D eigenvalue weighted by molar-refractivity contribution is 5.99. The van der Waals surface area contributed by atoms with Crippen molar-refractivity contribution in [1.82, 2.24) is 58.7 Å². The normalized spacial score (nSPS) is 15.3. The van der Waals surface area contributed by atoms with Crippen LogP contribution in [0.25, 0.3) is 0 Å². The van der Waals surface area contributed by atoms with E-state index in [1.54, 1.807) is 74.5 Å². The van der Waals surface area contributed by atoms with Crippen molar-refractivity contribution in [1.29, 1.82) is 0 Å². The molecule has 1 saturated carbocycles. The molecular formula is C61H89N17O14. The van der Waals surface area contributed by atoms with Crippen LogP contribution in [0.2, 0.25) is 0 Å². The molecule has 23 N–H and O–H groups in total. The molecule has 0 radical (unpaired) electrons. The predicted molar refractivity (Wildman–Crippen MR) is 337 cm³/mol. The number of urea groups is 1. The quantitative estimate of drug-likeness (QED) is 0.0116. The fourth-order valence-electron chi connectivity index (χ4n) is 10.00. The molecule has 3 aromatic rings. The molecule has 1 aliphatic carbocycles. The smallest absolute Gasteiger partial charge is 0.334 e. The molecule has 3 aromatic carbocycles. The van der Waals surface area contributed by atoms with Gasteiger partial charge in [-0.1, -0.05) is 119 Å². The maximum atomic E-state index is 14.3. The molecule has 31 heteroatoms. The van der Waals surface area contributed by atoms with Crippen molar-refractivity contribution < 1.29 is 67.7 Å². The number of phenols is 1. The third kappa shape index (κ3) is 27.1. The average molecular weight is 1280 g/mol. The SMILES string of the molecule is CN=C(N)NCCC[C@H](NC(=O)[C@H](CC(C)C)NC(=O)NNC(=O)[C@H](Cc1ccccc1)NC(=O)[C@H](CO)NC(=O)[C@H](CC(N)=O)NC(=O)[C@H](CC1CCCCC1)NC(=O)[C@H](CC(N)=O)NC(=O)[C@H](N)Cc1ccc(O)cc1)C(=O)N[C@@H](Cc1ccccc1)C(N)=O. The largest absolute Gasteiger partial charge is 0.508 e. The van der Waals surface area contributed by atoms with Gasteiger partial charge < -0.3 is 86.7 Å². The van der Waals surface area contributed by atoms with E-state index in [1.807, 2.05) is 0 Å². The van der Waals surface area contributed by atoms with Crippen LogP contribution in [0.5, 0.6) is 5.75 Å². The van der Waals surface area contributed by atoms with Crippen molar-refractivity contribution in [3.05, 3.63) is 102 Å². The van der Waals surface area contributed by atoms with Crippen LogP contribution in [0, 0.1) is 11.8 Å². The van der Waals surface area contributed by atoms with Gasteiger partial charge in [0.25, 0.3) is 5.91 Å². The zero-order valence-electron chi connectivity index (χ0n) is 51.9. The number of aliphatic hydroxyl groups is 1. The predicted octanol–water partition coefficient (Wildman–Crippen LogP) is -3.60. The Labute approximate surface area is 532 Å². The molecular weight excluding hydrogens is 1190 g/mol. The van der Waals surface area contributed by atoms with Gasteiger partial charge in [0.1, 0.15) is 54.1 Å². The summed E-state index contributed by atoms with van der Waals surface area (Å²) in [6.07, 6.45) is 2.36. The highest BCUT2D eigenvalue weighted by Crippen LogP contribution is 2.28. The van der Waals surface area contributed by atoms with Gasteiger partial charge in [0.05, 0.1) is 25.5 Å². The Balaban J connectivity index is 1.49. The molecule has 0 saturated heterocycles. The van der Waals surface area contributed by atoms with E-state index in [1.165, 1.54) is 31.3 Å². The Hall–Kier alpha value is -9.91. The first kappa shape index (κ1) is 74.6. The summed E-state index contributed by atoms with van der Waals surface area (Å²) in [6, 6.07) is 8.39. The second-order valence-electron chi connectivity index (χ2n) is 22.9. The number of nitrogens with zero attached hydrogens (tertiary/aromatic N) is 1. The maximum Gasteiger partial charge on any atom is 0.334 e. The van der Waals surface area contributed by atoms with Crippen molar-refractivity contribution >= 4 is 77.0 Å². The van der Waals surface area contributed by atoms with Gasteiger partial charge in [-0.05, 0) is 72.8 Å². The summed E-state index contributed by atoms with van der Waals surface area (Å²) in [5.74, 6) is -11.0. The van der Waals surface area contributed by atoms with Gasteiger partial charge in [0, 0.05) is 26.4 Å². The van der Waals surface area contributed by atoms with Gasteiger partial charge in [-0.2, -0.15) is 0 Å². The number of hydrogen-bond acceptors (Lipinski definition) is 16. The van der Waals surface area contributed by atoms with Crippen LogP contribution in [-0.4, -0.2) is 162 Å². The molecule has 0 bridgehead atoms. The van der Waals surface area contributed by atoms with Crippen LogP contribution in [0.15, 0.2) is 89.9 Å².